The third-order valence-corrected chi connectivity index (χ3v) is 4.20. The molecular formula is C23H21N3O2. The zero-order valence-corrected chi connectivity index (χ0v) is 15.6. The van der Waals surface area contributed by atoms with E-state index < -0.39 is 0 Å². The van der Waals surface area contributed by atoms with Crippen LogP contribution in [0.2, 0.25) is 0 Å². The predicted molar refractivity (Wildman–Crippen MR) is 111 cm³/mol. The molecule has 0 aliphatic carbocycles. The lowest BCUT2D eigenvalue weighted by Gasteiger charge is -2.13. The summed E-state index contributed by atoms with van der Waals surface area (Å²) in [5.74, 6) is 0.566. The third-order valence-electron chi connectivity index (χ3n) is 4.20. The molecular weight excluding hydrogens is 350 g/mol. The molecule has 28 heavy (non-hydrogen) atoms. The van der Waals surface area contributed by atoms with Crippen LogP contribution >= 0.6 is 0 Å². The zero-order chi connectivity index (χ0) is 19.8. The molecule has 0 aliphatic rings. The number of rotatable bonds is 7. The van der Waals surface area contributed by atoms with Crippen molar-refractivity contribution in [3.8, 4) is 11.8 Å². The highest BCUT2D eigenvalue weighted by molar-refractivity contribution is 6.04. The predicted octanol–water partition coefficient (Wildman–Crippen LogP) is 4.61. The van der Waals surface area contributed by atoms with Crippen molar-refractivity contribution in [3.05, 3.63) is 89.5 Å². The van der Waals surface area contributed by atoms with Crippen LogP contribution in [0.5, 0.6) is 5.75 Å². The quantitative estimate of drug-likeness (QED) is 0.595. The fourth-order valence-corrected chi connectivity index (χ4v) is 2.66. The van der Waals surface area contributed by atoms with Gasteiger partial charge in [0.1, 0.15) is 12.4 Å². The van der Waals surface area contributed by atoms with Gasteiger partial charge in [0, 0.05) is 23.5 Å². The van der Waals surface area contributed by atoms with Crippen LogP contribution in [-0.2, 0) is 0 Å². The van der Waals surface area contributed by atoms with E-state index in [0.717, 1.165) is 16.9 Å². The number of nitrogens with one attached hydrogen (secondary N) is 2. The topological polar surface area (TPSA) is 74.2 Å². The molecule has 2 N–H and O–H groups in total. The SMILES string of the molecule is Cc1ccc(C(=O)Nc2ccccc2)cc1NCCOc1ccc(C#N)cc1. The molecule has 0 aromatic heterocycles. The highest BCUT2D eigenvalue weighted by Gasteiger charge is 2.08. The molecule has 0 bridgehead atoms. The van der Waals surface area contributed by atoms with Gasteiger partial charge in [0.15, 0.2) is 0 Å². The van der Waals surface area contributed by atoms with Crippen LogP contribution in [0.4, 0.5) is 11.4 Å². The van der Waals surface area contributed by atoms with E-state index >= 15 is 0 Å². The van der Waals surface area contributed by atoms with Gasteiger partial charge in [0.05, 0.1) is 11.6 Å². The third kappa shape index (κ3) is 5.12. The van der Waals surface area contributed by atoms with Gasteiger partial charge in [-0.2, -0.15) is 5.26 Å². The standard InChI is InChI=1S/C23H21N3O2/c1-17-7-10-19(23(27)26-20-5-3-2-4-6-20)15-22(17)25-13-14-28-21-11-8-18(16-24)9-12-21/h2-12,15,25H,13-14H2,1H3,(H,26,27). The van der Waals surface area contributed by atoms with Crippen LogP contribution in [0.15, 0.2) is 72.8 Å². The molecule has 0 saturated heterocycles. The van der Waals surface area contributed by atoms with Crippen LogP contribution in [-0.4, -0.2) is 19.1 Å². The molecule has 3 rings (SSSR count). The number of anilines is 2. The number of carbonyl (C=O) groups excluding carboxylic acids is 1. The van der Waals surface area contributed by atoms with Gasteiger partial charge in [0.2, 0.25) is 0 Å². The van der Waals surface area contributed by atoms with E-state index in [1.807, 2.05) is 55.5 Å². The summed E-state index contributed by atoms with van der Waals surface area (Å²) >= 11 is 0. The number of benzene rings is 3. The Labute approximate surface area is 164 Å². The second-order valence-corrected chi connectivity index (χ2v) is 6.26. The molecule has 0 heterocycles. The fraction of sp³-hybridized carbons (Fsp3) is 0.130. The average Bonchev–Trinajstić information content (AvgIpc) is 2.73. The summed E-state index contributed by atoms with van der Waals surface area (Å²) in [6.07, 6.45) is 0. The molecule has 5 heteroatoms. The zero-order valence-electron chi connectivity index (χ0n) is 15.6. The number of carbonyl (C=O) groups is 1. The second kappa shape index (κ2) is 9.24. The number of ether oxygens (including phenoxy) is 1. The average molecular weight is 371 g/mol. The highest BCUT2D eigenvalue weighted by atomic mass is 16.5. The van der Waals surface area contributed by atoms with Crippen molar-refractivity contribution in [1.82, 2.24) is 0 Å². The molecule has 0 aliphatic heterocycles. The van der Waals surface area contributed by atoms with Crippen LogP contribution in [0.3, 0.4) is 0 Å². The first-order valence-electron chi connectivity index (χ1n) is 8.99. The second-order valence-electron chi connectivity index (χ2n) is 6.26. The van der Waals surface area contributed by atoms with E-state index in [1.165, 1.54) is 0 Å². The molecule has 5 nitrogen and oxygen atoms in total. The van der Waals surface area contributed by atoms with Gasteiger partial charge in [-0.05, 0) is 61.0 Å². The monoisotopic (exact) mass is 371 g/mol. The normalized spacial score (nSPS) is 10.0. The van der Waals surface area contributed by atoms with Crippen molar-refractivity contribution < 1.29 is 9.53 Å². The number of hydrogen-bond acceptors (Lipinski definition) is 4. The summed E-state index contributed by atoms with van der Waals surface area (Å²) in [4.78, 5) is 12.5. The minimum atomic E-state index is -0.150. The maximum Gasteiger partial charge on any atom is 0.255 e. The number of nitriles is 1. The van der Waals surface area contributed by atoms with Gasteiger partial charge in [-0.1, -0.05) is 24.3 Å². The van der Waals surface area contributed by atoms with Crippen molar-refractivity contribution in [2.45, 2.75) is 6.92 Å². The van der Waals surface area contributed by atoms with Crippen LogP contribution < -0.4 is 15.4 Å². The number of nitrogens with zero attached hydrogens (tertiary/aromatic N) is 1. The van der Waals surface area contributed by atoms with Gasteiger partial charge in [-0.3, -0.25) is 4.79 Å². The van der Waals surface area contributed by atoms with Crippen molar-refractivity contribution in [2.24, 2.45) is 0 Å². The van der Waals surface area contributed by atoms with E-state index in [4.69, 9.17) is 10.00 Å². The Balaban J connectivity index is 1.55. The first-order valence-corrected chi connectivity index (χ1v) is 8.99. The number of aryl methyl sites for hydroxylation is 1. The summed E-state index contributed by atoms with van der Waals surface area (Å²) in [7, 11) is 0. The molecule has 140 valence electrons. The first kappa shape index (κ1) is 19.0. The van der Waals surface area contributed by atoms with Crippen LogP contribution in [0, 0.1) is 18.3 Å². The summed E-state index contributed by atoms with van der Waals surface area (Å²) in [6, 6.07) is 24.0. The Morgan fingerprint density at radius 2 is 1.79 bits per heavy atom. The molecule has 0 fully saturated rings. The van der Waals surface area contributed by atoms with Gasteiger partial charge < -0.3 is 15.4 Å². The van der Waals surface area contributed by atoms with E-state index in [0.29, 0.717) is 30.0 Å². The van der Waals surface area contributed by atoms with E-state index in [2.05, 4.69) is 16.7 Å². The Bertz CT molecular complexity index is 977. The van der Waals surface area contributed by atoms with Crippen molar-refractivity contribution in [2.75, 3.05) is 23.8 Å². The largest absolute Gasteiger partial charge is 0.492 e. The minimum absolute atomic E-state index is 0.150. The molecule has 0 spiro atoms. The van der Waals surface area contributed by atoms with E-state index in [-0.39, 0.29) is 5.91 Å². The first-order chi connectivity index (χ1) is 13.7. The fourth-order valence-electron chi connectivity index (χ4n) is 2.66. The summed E-state index contributed by atoms with van der Waals surface area (Å²) in [5.41, 5.74) is 3.90. The van der Waals surface area contributed by atoms with E-state index in [9.17, 15) is 4.79 Å². The van der Waals surface area contributed by atoms with Crippen LogP contribution in [0.25, 0.3) is 0 Å². The summed E-state index contributed by atoms with van der Waals surface area (Å²) < 4.78 is 5.67. The molecule has 0 unspecified atom stereocenters. The minimum Gasteiger partial charge on any atom is -0.492 e. The van der Waals surface area contributed by atoms with Gasteiger partial charge >= 0.3 is 0 Å². The van der Waals surface area contributed by atoms with Gasteiger partial charge in [0.25, 0.3) is 5.91 Å². The van der Waals surface area contributed by atoms with Crippen molar-refractivity contribution in [3.63, 3.8) is 0 Å². The maximum absolute atomic E-state index is 12.5. The van der Waals surface area contributed by atoms with Gasteiger partial charge in [-0.25, -0.2) is 0 Å². The highest BCUT2D eigenvalue weighted by Crippen LogP contribution is 2.18. The Hall–Kier alpha value is -3.78. The maximum atomic E-state index is 12.5. The molecule has 0 atom stereocenters. The van der Waals surface area contributed by atoms with E-state index in [1.54, 1.807) is 24.3 Å². The lowest BCUT2D eigenvalue weighted by Crippen LogP contribution is -2.15. The van der Waals surface area contributed by atoms with Crippen molar-refractivity contribution >= 4 is 17.3 Å². The summed E-state index contributed by atoms with van der Waals surface area (Å²) in [6.45, 7) is 3.04. The van der Waals surface area contributed by atoms with Crippen molar-refractivity contribution in [1.29, 1.82) is 5.26 Å². The Morgan fingerprint density at radius 1 is 1.04 bits per heavy atom. The molecule has 3 aromatic rings. The summed E-state index contributed by atoms with van der Waals surface area (Å²) in [5, 5.41) is 15.0. The number of amides is 1. The molecule has 1 amide bonds. The molecule has 3 aromatic carbocycles. The Morgan fingerprint density at radius 3 is 2.50 bits per heavy atom. The lowest BCUT2D eigenvalue weighted by atomic mass is 10.1. The Kier molecular flexibility index (Phi) is 6.27. The lowest BCUT2D eigenvalue weighted by molar-refractivity contribution is 0.102. The van der Waals surface area contributed by atoms with Gasteiger partial charge in [-0.15, -0.1) is 0 Å². The number of hydrogen-bond donors (Lipinski definition) is 2. The number of para-hydroxylation sites is 1. The molecule has 0 saturated carbocycles. The smallest absolute Gasteiger partial charge is 0.255 e. The molecule has 0 radical (unpaired) electrons. The van der Waals surface area contributed by atoms with Crippen LogP contribution in [0.1, 0.15) is 21.5 Å².